The summed E-state index contributed by atoms with van der Waals surface area (Å²) in [5, 5.41) is 0. The molecule has 1 aliphatic rings. The Morgan fingerprint density at radius 1 is 0.462 bits per heavy atom. The summed E-state index contributed by atoms with van der Waals surface area (Å²) in [6.45, 7) is 0. The van der Waals surface area contributed by atoms with Crippen LogP contribution in [0, 0.1) is 6.42 Å². The zero-order valence-electron chi connectivity index (χ0n) is 8.02. The van der Waals surface area contributed by atoms with E-state index in [1.54, 1.807) is 0 Å². The van der Waals surface area contributed by atoms with Crippen LogP contribution in [0.2, 0.25) is 0 Å². The smallest absolute Gasteiger partial charge is 0.0166 e. The van der Waals surface area contributed by atoms with Crippen molar-refractivity contribution in [2.75, 3.05) is 0 Å². The van der Waals surface area contributed by atoms with Gasteiger partial charge in [-0.05, 0) is 32.1 Å². The molecule has 0 saturated heterocycles. The highest BCUT2D eigenvalue weighted by atomic mass is 13.9. The molecule has 0 bridgehead atoms. The molecule has 0 N–H and O–H groups in total. The summed E-state index contributed by atoms with van der Waals surface area (Å²) in [5.74, 6) is 0. The third kappa shape index (κ3) is 6.15. The summed E-state index contributed by atoms with van der Waals surface area (Å²) in [4.78, 5) is 0. The molecule has 0 heteroatoms. The van der Waals surface area contributed by atoms with E-state index < -0.39 is 0 Å². The minimum Gasteiger partial charge on any atom is -0.0879 e. The third-order valence-electron chi connectivity index (χ3n) is 1.87. The van der Waals surface area contributed by atoms with Crippen LogP contribution < -0.4 is 0 Å². The van der Waals surface area contributed by atoms with E-state index in [2.05, 4.69) is 55.0 Å². The Bertz CT molecular complexity index is 192. The van der Waals surface area contributed by atoms with Crippen LogP contribution in [0.3, 0.4) is 0 Å². The van der Waals surface area contributed by atoms with Crippen molar-refractivity contribution < 1.29 is 0 Å². The lowest BCUT2D eigenvalue weighted by molar-refractivity contribution is 1.09. The molecule has 0 fully saturated rings. The van der Waals surface area contributed by atoms with Gasteiger partial charge in [0, 0.05) is 0 Å². The molecular weight excluding hydrogens is 156 g/mol. The average molecular weight is 173 g/mol. The first-order valence-electron chi connectivity index (χ1n) is 4.93. The van der Waals surface area contributed by atoms with Crippen LogP contribution in [0.1, 0.15) is 25.7 Å². The summed E-state index contributed by atoms with van der Waals surface area (Å²) >= 11 is 0. The van der Waals surface area contributed by atoms with Crippen molar-refractivity contribution in [2.45, 2.75) is 25.7 Å². The van der Waals surface area contributed by atoms with Crippen LogP contribution in [0.4, 0.5) is 0 Å². The van der Waals surface area contributed by atoms with E-state index in [0.29, 0.717) is 0 Å². The third-order valence-corrected chi connectivity index (χ3v) is 1.87. The molecule has 0 aromatic heterocycles. The van der Waals surface area contributed by atoms with Gasteiger partial charge in [-0.1, -0.05) is 48.6 Å². The average Bonchev–Trinajstić information content (AvgIpc) is 2.18. The molecule has 1 rings (SSSR count). The molecule has 0 aliphatic heterocycles. The predicted molar refractivity (Wildman–Crippen MR) is 59.3 cm³/mol. The van der Waals surface area contributed by atoms with Crippen LogP contribution in [0.25, 0.3) is 0 Å². The number of hydrogen-bond donors (Lipinski definition) is 0. The molecule has 0 nitrogen and oxygen atoms in total. The summed E-state index contributed by atoms with van der Waals surface area (Å²) in [6.07, 6.45) is 24.0. The Kier molecular flexibility index (Phi) is 5.87. The maximum atomic E-state index is 2.29. The van der Waals surface area contributed by atoms with Crippen LogP contribution in [0.5, 0.6) is 0 Å². The van der Waals surface area contributed by atoms with Gasteiger partial charge in [-0.2, -0.15) is 0 Å². The Hall–Kier alpha value is -1.04. The van der Waals surface area contributed by atoms with Gasteiger partial charge >= 0.3 is 0 Å². The van der Waals surface area contributed by atoms with Gasteiger partial charge in [-0.3, -0.25) is 0 Å². The molecule has 1 aliphatic carbocycles. The monoisotopic (exact) mass is 173 g/mol. The largest absolute Gasteiger partial charge is 0.0879 e. The van der Waals surface area contributed by atoms with E-state index in [0.717, 1.165) is 25.7 Å². The van der Waals surface area contributed by atoms with Gasteiger partial charge in [0.05, 0.1) is 0 Å². The topological polar surface area (TPSA) is 0 Å². The molecule has 0 aromatic rings. The quantitative estimate of drug-likeness (QED) is 0.486. The van der Waals surface area contributed by atoms with E-state index in [9.17, 15) is 0 Å². The normalized spacial score (nSPS) is 28.9. The lowest BCUT2D eigenvalue weighted by Gasteiger charge is -1.88. The number of rotatable bonds is 0. The van der Waals surface area contributed by atoms with Gasteiger partial charge in [0.15, 0.2) is 0 Å². The van der Waals surface area contributed by atoms with E-state index in [1.165, 1.54) is 0 Å². The van der Waals surface area contributed by atoms with E-state index in [4.69, 9.17) is 0 Å². The summed E-state index contributed by atoms with van der Waals surface area (Å²) in [7, 11) is 0. The maximum absolute atomic E-state index is 2.29. The van der Waals surface area contributed by atoms with Gasteiger partial charge in [0.25, 0.3) is 0 Å². The van der Waals surface area contributed by atoms with Crippen LogP contribution in [0.15, 0.2) is 48.6 Å². The molecule has 0 unspecified atom stereocenters. The second-order valence-electron chi connectivity index (χ2n) is 3.03. The van der Waals surface area contributed by atoms with E-state index >= 15 is 0 Å². The van der Waals surface area contributed by atoms with Crippen molar-refractivity contribution in [3.63, 3.8) is 0 Å². The molecule has 1 radical (unpaired) electrons. The zero-order chi connectivity index (χ0) is 9.19. The lowest BCUT2D eigenvalue weighted by atomic mass is 10.2. The zero-order valence-corrected chi connectivity index (χ0v) is 8.02. The first kappa shape index (κ1) is 10.0. The highest BCUT2D eigenvalue weighted by molar-refractivity contribution is 5.07. The highest BCUT2D eigenvalue weighted by Crippen LogP contribution is 2.00. The van der Waals surface area contributed by atoms with Crippen molar-refractivity contribution in [3.8, 4) is 0 Å². The van der Waals surface area contributed by atoms with Gasteiger partial charge in [-0.15, -0.1) is 0 Å². The first-order valence-corrected chi connectivity index (χ1v) is 4.93. The van der Waals surface area contributed by atoms with Gasteiger partial charge in [0.2, 0.25) is 0 Å². The van der Waals surface area contributed by atoms with E-state index in [1.807, 2.05) is 0 Å². The molecule has 0 amide bonds. The minimum atomic E-state index is 1.05. The molecule has 0 saturated carbocycles. The predicted octanol–water partition coefficient (Wildman–Crippen LogP) is 3.99. The molecule has 0 heterocycles. The van der Waals surface area contributed by atoms with Gasteiger partial charge in [-0.25, -0.2) is 0 Å². The molecular formula is C13H17. The number of hydrogen-bond acceptors (Lipinski definition) is 0. The van der Waals surface area contributed by atoms with Crippen LogP contribution in [-0.4, -0.2) is 0 Å². The van der Waals surface area contributed by atoms with E-state index in [-0.39, 0.29) is 0 Å². The van der Waals surface area contributed by atoms with Crippen molar-refractivity contribution in [2.24, 2.45) is 0 Å². The van der Waals surface area contributed by atoms with Crippen molar-refractivity contribution in [3.05, 3.63) is 55.0 Å². The molecule has 0 spiro atoms. The van der Waals surface area contributed by atoms with Gasteiger partial charge < -0.3 is 0 Å². The minimum absolute atomic E-state index is 1.05. The second-order valence-corrected chi connectivity index (χ2v) is 3.03. The van der Waals surface area contributed by atoms with Crippen LogP contribution in [-0.2, 0) is 0 Å². The standard InChI is InChI=1S/C13H17/c1-2-4-6-8-10-12-13-11-9-7-5-3-1/h1-4,7-10,13H,5-6,11-12H2/b3-1-,4-2+,9-7-,10-8+. The summed E-state index contributed by atoms with van der Waals surface area (Å²) in [6, 6.07) is 0. The maximum Gasteiger partial charge on any atom is -0.0166 e. The fourth-order valence-corrected chi connectivity index (χ4v) is 1.14. The molecule has 13 heavy (non-hydrogen) atoms. The lowest BCUT2D eigenvalue weighted by Crippen LogP contribution is -1.70. The van der Waals surface area contributed by atoms with Crippen molar-refractivity contribution in [1.82, 2.24) is 0 Å². The van der Waals surface area contributed by atoms with Gasteiger partial charge in [0.1, 0.15) is 0 Å². The molecule has 0 atom stereocenters. The Labute approximate surface area is 81.4 Å². The second kappa shape index (κ2) is 7.60. The first-order chi connectivity index (χ1) is 6.50. The fraction of sp³-hybridized carbons (Fsp3) is 0.308. The number of allylic oxidation sites excluding steroid dienone is 8. The molecule has 69 valence electrons. The highest BCUT2D eigenvalue weighted by Gasteiger charge is 1.81. The van der Waals surface area contributed by atoms with Crippen LogP contribution >= 0.6 is 0 Å². The summed E-state index contributed by atoms with van der Waals surface area (Å²) < 4.78 is 0. The Balaban J connectivity index is 2.38. The molecule has 0 aromatic carbocycles. The van der Waals surface area contributed by atoms with Crippen molar-refractivity contribution >= 4 is 0 Å². The Morgan fingerprint density at radius 2 is 0.923 bits per heavy atom. The fourth-order valence-electron chi connectivity index (χ4n) is 1.14. The summed E-state index contributed by atoms with van der Waals surface area (Å²) in [5.41, 5.74) is 0. The SMILES string of the molecule is [CH]1C/C=C\C/C=C\C=C\C/C=C/C1. The Morgan fingerprint density at radius 3 is 1.46 bits per heavy atom. The van der Waals surface area contributed by atoms with Crippen molar-refractivity contribution in [1.29, 1.82) is 0 Å².